The maximum absolute atomic E-state index is 6.39. The third kappa shape index (κ3) is 4.25. The maximum Gasteiger partial charge on any atom is 0.132 e. The van der Waals surface area contributed by atoms with Crippen LogP contribution in [0.5, 0.6) is 5.75 Å². The van der Waals surface area contributed by atoms with E-state index < -0.39 is 0 Å². The number of thioether (sulfide) groups is 1. The lowest BCUT2D eigenvalue weighted by atomic mass is 9.95. The Balaban J connectivity index is 0.00000208. The summed E-state index contributed by atoms with van der Waals surface area (Å²) in [5.74, 6) is 1.38. The van der Waals surface area contributed by atoms with Crippen LogP contribution in [0.4, 0.5) is 0 Å². The Labute approximate surface area is 155 Å². The van der Waals surface area contributed by atoms with Crippen LogP contribution >= 0.6 is 24.2 Å². The van der Waals surface area contributed by atoms with E-state index in [1.807, 2.05) is 0 Å². The zero-order valence-electron chi connectivity index (χ0n) is 14.1. The average molecular weight is 365 g/mol. The molecule has 0 spiro atoms. The molecule has 2 N–H and O–H groups in total. The second-order valence-corrected chi connectivity index (χ2v) is 6.91. The summed E-state index contributed by atoms with van der Waals surface area (Å²) in [5.41, 5.74) is 9.01. The summed E-state index contributed by atoms with van der Waals surface area (Å²) in [4.78, 5) is 3.62. The van der Waals surface area contributed by atoms with E-state index in [4.69, 9.17) is 10.5 Å². The van der Waals surface area contributed by atoms with Gasteiger partial charge in [0.15, 0.2) is 0 Å². The lowest BCUT2D eigenvalue weighted by molar-refractivity contribution is 0.322. The molecule has 3 nitrogen and oxygen atoms in total. The molecule has 0 unspecified atom stereocenters. The van der Waals surface area contributed by atoms with Gasteiger partial charge < -0.3 is 10.5 Å². The van der Waals surface area contributed by atoms with Crippen LogP contribution in [0, 0.1) is 0 Å². The lowest BCUT2D eigenvalue weighted by Gasteiger charge is -2.17. The van der Waals surface area contributed by atoms with Gasteiger partial charge in [-0.1, -0.05) is 36.4 Å². The minimum absolute atomic E-state index is 0. The molecule has 1 aliphatic heterocycles. The van der Waals surface area contributed by atoms with Crippen molar-refractivity contribution in [1.29, 1.82) is 0 Å². The summed E-state index contributed by atoms with van der Waals surface area (Å²) in [6, 6.07) is 17.3. The predicted octanol–water partition coefficient (Wildman–Crippen LogP) is 3.77. The van der Waals surface area contributed by atoms with Crippen LogP contribution in [-0.2, 0) is 6.54 Å². The van der Waals surface area contributed by atoms with E-state index in [2.05, 4.69) is 59.7 Å². The Morgan fingerprint density at radius 1 is 1.17 bits per heavy atom. The monoisotopic (exact) mass is 364 g/mol. The number of rotatable bonds is 5. The number of hydrogen-bond acceptors (Lipinski definition) is 4. The van der Waals surface area contributed by atoms with Crippen molar-refractivity contribution in [1.82, 2.24) is 4.90 Å². The van der Waals surface area contributed by atoms with Gasteiger partial charge in [0.05, 0.1) is 7.11 Å². The number of halogens is 1. The molecule has 2 aromatic carbocycles. The molecule has 1 heterocycles. The molecule has 0 bridgehead atoms. The van der Waals surface area contributed by atoms with Gasteiger partial charge in [0.2, 0.25) is 0 Å². The molecule has 0 aliphatic carbocycles. The van der Waals surface area contributed by atoms with Gasteiger partial charge in [-0.3, -0.25) is 4.90 Å². The second kappa shape index (κ2) is 8.77. The standard InChI is InChI=1S/C19H24N2OS.ClH/c1-22-18-10-14(8-9-19(18)23-2)11-21-12-16(17(20)13-21)15-6-4-3-5-7-15;/h3-10,16-17H,11-13,20H2,1-2H3;1H/t16-,17+;/m0./s1. The molecule has 3 rings (SSSR count). The zero-order valence-corrected chi connectivity index (χ0v) is 15.8. The summed E-state index contributed by atoms with van der Waals surface area (Å²) < 4.78 is 5.49. The second-order valence-electron chi connectivity index (χ2n) is 6.06. The number of methoxy groups -OCH3 is 1. The summed E-state index contributed by atoms with van der Waals surface area (Å²) in [7, 11) is 1.73. The first kappa shape index (κ1) is 19.1. The van der Waals surface area contributed by atoms with Crippen LogP contribution in [0.15, 0.2) is 53.4 Å². The highest BCUT2D eigenvalue weighted by molar-refractivity contribution is 7.98. The van der Waals surface area contributed by atoms with E-state index in [1.54, 1.807) is 18.9 Å². The fourth-order valence-electron chi connectivity index (χ4n) is 3.33. The molecule has 0 saturated carbocycles. The van der Waals surface area contributed by atoms with Gasteiger partial charge in [-0.05, 0) is 29.5 Å². The summed E-state index contributed by atoms with van der Waals surface area (Å²) in [6.07, 6.45) is 2.07. The third-order valence-corrected chi connectivity index (χ3v) is 5.30. The molecule has 24 heavy (non-hydrogen) atoms. The van der Waals surface area contributed by atoms with E-state index in [-0.39, 0.29) is 18.4 Å². The Bertz CT molecular complexity index is 653. The highest BCUT2D eigenvalue weighted by atomic mass is 35.5. The Morgan fingerprint density at radius 2 is 1.92 bits per heavy atom. The topological polar surface area (TPSA) is 38.5 Å². The van der Waals surface area contributed by atoms with Gasteiger partial charge in [-0.15, -0.1) is 24.2 Å². The highest BCUT2D eigenvalue weighted by Crippen LogP contribution is 2.31. The molecule has 130 valence electrons. The largest absolute Gasteiger partial charge is 0.496 e. The summed E-state index contributed by atoms with van der Waals surface area (Å²) in [6.45, 7) is 2.87. The van der Waals surface area contributed by atoms with Crippen LogP contribution in [0.3, 0.4) is 0 Å². The lowest BCUT2D eigenvalue weighted by Crippen LogP contribution is -2.28. The molecular weight excluding hydrogens is 340 g/mol. The summed E-state index contributed by atoms with van der Waals surface area (Å²) in [5, 5.41) is 0. The number of ether oxygens (including phenoxy) is 1. The average Bonchev–Trinajstić information content (AvgIpc) is 2.95. The van der Waals surface area contributed by atoms with E-state index >= 15 is 0 Å². The van der Waals surface area contributed by atoms with Gasteiger partial charge in [-0.25, -0.2) is 0 Å². The number of benzene rings is 2. The van der Waals surface area contributed by atoms with Crippen LogP contribution in [0.2, 0.25) is 0 Å². The SMILES string of the molecule is COc1cc(CN2C[C@@H](N)[C@H](c3ccccc3)C2)ccc1SC.Cl. The number of hydrogen-bond donors (Lipinski definition) is 1. The Kier molecular flexibility index (Phi) is 6.99. The maximum atomic E-state index is 6.39. The Morgan fingerprint density at radius 3 is 2.58 bits per heavy atom. The molecule has 1 aliphatic rings. The van der Waals surface area contributed by atoms with Crippen LogP contribution < -0.4 is 10.5 Å². The molecule has 2 atom stereocenters. The van der Waals surface area contributed by atoms with Crippen molar-refractivity contribution in [2.24, 2.45) is 5.73 Å². The highest BCUT2D eigenvalue weighted by Gasteiger charge is 2.31. The van der Waals surface area contributed by atoms with Crippen LogP contribution in [-0.4, -0.2) is 37.4 Å². The van der Waals surface area contributed by atoms with Gasteiger partial charge >= 0.3 is 0 Å². The van der Waals surface area contributed by atoms with E-state index in [0.717, 1.165) is 25.4 Å². The molecule has 5 heteroatoms. The van der Waals surface area contributed by atoms with Crippen molar-refractivity contribution >= 4 is 24.2 Å². The molecule has 1 saturated heterocycles. The zero-order chi connectivity index (χ0) is 16.2. The van der Waals surface area contributed by atoms with Crippen molar-refractivity contribution in [3.8, 4) is 5.75 Å². The predicted molar refractivity (Wildman–Crippen MR) is 104 cm³/mol. The van der Waals surface area contributed by atoms with Gasteiger partial charge in [-0.2, -0.15) is 0 Å². The molecule has 2 aromatic rings. The van der Waals surface area contributed by atoms with E-state index in [9.17, 15) is 0 Å². The van der Waals surface area contributed by atoms with Crippen molar-refractivity contribution in [2.75, 3.05) is 26.5 Å². The van der Waals surface area contributed by atoms with E-state index in [0.29, 0.717) is 5.92 Å². The first-order chi connectivity index (χ1) is 11.2. The molecule has 0 amide bonds. The molecule has 0 radical (unpaired) electrons. The third-order valence-electron chi connectivity index (χ3n) is 4.52. The number of likely N-dealkylation sites (tertiary alicyclic amines) is 1. The summed E-state index contributed by atoms with van der Waals surface area (Å²) >= 11 is 1.71. The van der Waals surface area contributed by atoms with Gasteiger partial charge in [0.1, 0.15) is 5.75 Å². The van der Waals surface area contributed by atoms with Crippen molar-refractivity contribution in [3.05, 3.63) is 59.7 Å². The molecule has 1 fully saturated rings. The Hall–Kier alpha value is -1.20. The van der Waals surface area contributed by atoms with Crippen LogP contribution in [0.25, 0.3) is 0 Å². The van der Waals surface area contributed by atoms with Crippen molar-refractivity contribution < 1.29 is 4.74 Å². The number of nitrogens with zero attached hydrogens (tertiary/aromatic N) is 1. The first-order valence-electron chi connectivity index (χ1n) is 7.95. The minimum Gasteiger partial charge on any atom is -0.496 e. The van der Waals surface area contributed by atoms with Crippen molar-refractivity contribution in [2.45, 2.75) is 23.4 Å². The smallest absolute Gasteiger partial charge is 0.132 e. The van der Waals surface area contributed by atoms with E-state index in [1.165, 1.54) is 16.0 Å². The fourth-order valence-corrected chi connectivity index (χ4v) is 3.88. The van der Waals surface area contributed by atoms with Crippen molar-refractivity contribution in [3.63, 3.8) is 0 Å². The molecule has 0 aromatic heterocycles. The van der Waals surface area contributed by atoms with Gasteiger partial charge in [0.25, 0.3) is 0 Å². The first-order valence-corrected chi connectivity index (χ1v) is 9.17. The number of nitrogens with two attached hydrogens (primary N) is 1. The normalized spacial score (nSPS) is 20.6. The van der Waals surface area contributed by atoms with Crippen LogP contribution in [0.1, 0.15) is 17.0 Å². The molecular formula is C19H25ClN2OS. The quantitative estimate of drug-likeness (QED) is 0.820. The minimum atomic E-state index is 0. The fraction of sp³-hybridized carbons (Fsp3) is 0.368. The van der Waals surface area contributed by atoms with Gasteiger partial charge in [0, 0.05) is 36.5 Å².